The van der Waals surface area contributed by atoms with Crippen molar-refractivity contribution in [1.29, 1.82) is 0 Å². The maximum atomic E-state index is 12.7. The third-order valence-corrected chi connectivity index (χ3v) is 9.03. The van der Waals surface area contributed by atoms with Crippen molar-refractivity contribution in [2.75, 3.05) is 13.2 Å². The SMILES string of the molecule is O=Cc1c(O)ccc2cc(C(=O)OCCc3ccc(OC(=O)c4ccc(CCCCOC(=O)C5CC6C=CC5C6)cc4)cc3)ccc12. The van der Waals surface area contributed by atoms with Crippen LogP contribution in [0.2, 0.25) is 0 Å². The average molecular weight is 633 g/mol. The summed E-state index contributed by atoms with van der Waals surface area (Å²) >= 11 is 0. The molecule has 4 aromatic carbocycles. The number of phenols is 1. The summed E-state index contributed by atoms with van der Waals surface area (Å²) in [4.78, 5) is 48.9. The number of aromatic hydroxyl groups is 1. The van der Waals surface area contributed by atoms with E-state index in [1.54, 1.807) is 48.5 Å². The molecule has 3 atom stereocenters. The van der Waals surface area contributed by atoms with E-state index in [1.165, 1.54) is 6.07 Å². The number of fused-ring (bicyclic) bond motifs is 3. The van der Waals surface area contributed by atoms with E-state index < -0.39 is 11.9 Å². The molecule has 0 aliphatic heterocycles. The number of carbonyl (C=O) groups is 4. The molecule has 1 N–H and O–H groups in total. The van der Waals surface area contributed by atoms with E-state index in [0.29, 0.717) is 58.8 Å². The van der Waals surface area contributed by atoms with Gasteiger partial charge >= 0.3 is 17.9 Å². The van der Waals surface area contributed by atoms with Crippen LogP contribution in [0, 0.1) is 17.8 Å². The average Bonchev–Trinajstić information content (AvgIpc) is 3.73. The molecule has 0 spiro atoms. The van der Waals surface area contributed by atoms with Crippen LogP contribution in [0.15, 0.2) is 91.0 Å². The molecule has 0 amide bonds. The Bertz CT molecular complexity index is 1810. The minimum absolute atomic E-state index is 0.0367. The molecule has 8 nitrogen and oxygen atoms in total. The van der Waals surface area contributed by atoms with Crippen LogP contribution in [0.4, 0.5) is 0 Å². The highest BCUT2D eigenvalue weighted by Gasteiger charge is 2.40. The van der Waals surface area contributed by atoms with Crippen molar-refractivity contribution in [3.8, 4) is 11.5 Å². The fourth-order valence-corrected chi connectivity index (χ4v) is 6.40. The summed E-state index contributed by atoms with van der Waals surface area (Å²) in [5, 5.41) is 11.1. The fraction of sp³-hybridized carbons (Fsp3) is 0.282. The smallest absolute Gasteiger partial charge is 0.343 e. The van der Waals surface area contributed by atoms with Gasteiger partial charge in [0.05, 0.1) is 35.8 Å². The number of hydrogen-bond acceptors (Lipinski definition) is 8. The topological polar surface area (TPSA) is 116 Å². The molecule has 3 unspecified atom stereocenters. The van der Waals surface area contributed by atoms with Crippen molar-refractivity contribution in [2.45, 2.75) is 38.5 Å². The molecule has 0 aromatic heterocycles. The van der Waals surface area contributed by atoms with Gasteiger partial charge in [0.25, 0.3) is 0 Å². The monoisotopic (exact) mass is 632 g/mol. The number of esters is 3. The number of ether oxygens (including phenoxy) is 3. The first-order valence-electron chi connectivity index (χ1n) is 16.0. The van der Waals surface area contributed by atoms with Gasteiger partial charge in [-0.15, -0.1) is 0 Å². The van der Waals surface area contributed by atoms with Crippen molar-refractivity contribution in [3.63, 3.8) is 0 Å². The van der Waals surface area contributed by atoms with Crippen LogP contribution >= 0.6 is 0 Å². The van der Waals surface area contributed by atoms with E-state index in [-0.39, 0.29) is 29.8 Å². The zero-order chi connectivity index (χ0) is 32.8. The summed E-state index contributed by atoms with van der Waals surface area (Å²) in [6.07, 6.45) is 9.98. The molecule has 47 heavy (non-hydrogen) atoms. The Balaban J connectivity index is 0.898. The molecule has 240 valence electrons. The number of aldehydes is 1. The molecule has 1 fully saturated rings. The van der Waals surface area contributed by atoms with Gasteiger partial charge in [-0.2, -0.15) is 0 Å². The Kier molecular flexibility index (Phi) is 9.76. The summed E-state index contributed by atoms with van der Waals surface area (Å²) in [6, 6.07) is 22.2. The van der Waals surface area contributed by atoms with Gasteiger partial charge in [0, 0.05) is 6.42 Å². The van der Waals surface area contributed by atoms with Crippen LogP contribution in [0.25, 0.3) is 10.8 Å². The van der Waals surface area contributed by atoms with Crippen LogP contribution in [0.1, 0.15) is 67.9 Å². The third-order valence-electron chi connectivity index (χ3n) is 9.03. The highest BCUT2D eigenvalue weighted by molar-refractivity contribution is 6.03. The molecule has 8 heteroatoms. The lowest BCUT2D eigenvalue weighted by molar-refractivity contribution is -0.149. The van der Waals surface area contributed by atoms with Gasteiger partial charge in [0.1, 0.15) is 11.5 Å². The Morgan fingerprint density at radius 3 is 2.21 bits per heavy atom. The van der Waals surface area contributed by atoms with Crippen molar-refractivity contribution in [3.05, 3.63) is 119 Å². The molecule has 0 radical (unpaired) electrons. The second kappa shape index (κ2) is 14.5. The Morgan fingerprint density at radius 2 is 1.49 bits per heavy atom. The number of allylic oxidation sites excluding steroid dienone is 2. The highest BCUT2D eigenvalue weighted by Crippen LogP contribution is 2.43. The summed E-state index contributed by atoms with van der Waals surface area (Å²) in [5.74, 6) is 0.255. The van der Waals surface area contributed by atoms with E-state index in [0.717, 1.165) is 43.2 Å². The molecular weight excluding hydrogens is 596 g/mol. The Morgan fingerprint density at radius 1 is 0.745 bits per heavy atom. The summed E-state index contributed by atoms with van der Waals surface area (Å²) in [6.45, 7) is 0.593. The number of benzene rings is 4. The predicted molar refractivity (Wildman–Crippen MR) is 176 cm³/mol. The number of unbranched alkanes of at least 4 members (excludes halogenated alkanes) is 1. The fourth-order valence-electron chi connectivity index (χ4n) is 6.40. The van der Waals surface area contributed by atoms with Gasteiger partial charge in [0.15, 0.2) is 6.29 Å². The van der Waals surface area contributed by atoms with Gasteiger partial charge in [-0.1, -0.05) is 48.6 Å². The van der Waals surface area contributed by atoms with Crippen LogP contribution in [0.5, 0.6) is 11.5 Å². The number of aryl methyl sites for hydroxylation is 1. The molecule has 4 aromatic rings. The normalized spacial score (nSPS) is 17.8. The zero-order valence-corrected chi connectivity index (χ0v) is 25.9. The predicted octanol–water partition coefficient (Wildman–Crippen LogP) is 7.05. The van der Waals surface area contributed by atoms with Crippen molar-refractivity contribution in [1.82, 2.24) is 0 Å². The largest absolute Gasteiger partial charge is 0.507 e. The molecule has 0 heterocycles. The standard InChI is InChI=1S/C39H36O8/c40-24-35-33-16-12-31(23-30(33)13-17-36(35)41)37(42)46-20-18-26-7-14-32(15-8-26)47-38(43)28-9-4-25(5-10-28)3-1-2-19-45-39(44)34-22-27-6-11-29(34)21-27/h4-17,23-24,27,29,34,41H,1-3,18-22H2. The van der Waals surface area contributed by atoms with E-state index in [2.05, 4.69) is 12.2 Å². The quantitative estimate of drug-likeness (QED) is 0.0548. The maximum absolute atomic E-state index is 12.7. The molecule has 6 rings (SSSR count). The van der Waals surface area contributed by atoms with Crippen molar-refractivity contribution in [2.24, 2.45) is 17.8 Å². The Hall–Kier alpha value is -5.24. The van der Waals surface area contributed by atoms with Crippen molar-refractivity contribution >= 4 is 35.0 Å². The van der Waals surface area contributed by atoms with E-state index in [4.69, 9.17) is 14.2 Å². The van der Waals surface area contributed by atoms with E-state index >= 15 is 0 Å². The summed E-state index contributed by atoms with van der Waals surface area (Å²) in [5.41, 5.74) is 2.98. The lowest BCUT2D eigenvalue weighted by Crippen LogP contribution is -2.22. The number of hydrogen-bond donors (Lipinski definition) is 1. The maximum Gasteiger partial charge on any atom is 0.343 e. The molecule has 2 aliphatic carbocycles. The Labute approximate surface area is 273 Å². The number of phenolic OH excluding ortho intramolecular Hbond substituents is 1. The van der Waals surface area contributed by atoms with Crippen LogP contribution < -0.4 is 4.74 Å². The zero-order valence-electron chi connectivity index (χ0n) is 25.9. The second-order valence-electron chi connectivity index (χ2n) is 12.2. The first-order valence-corrected chi connectivity index (χ1v) is 16.0. The minimum atomic E-state index is -0.492. The first kappa shape index (κ1) is 31.7. The highest BCUT2D eigenvalue weighted by atomic mass is 16.5. The van der Waals surface area contributed by atoms with Crippen LogP contribution in [-0.2, 0) is 27.1 Å². The van der Waals surface area contributed by atoms with Gasteiger partial charge in [-0.25, -0.2) is 9.59 Å². The second-order valence-corrected chi connectivity index (χ2v) is 12.2. The van der Waals surface area contributed by atoms with E-state index in [1.807, 2.05) is 24.3 Å². The van der Waals surface area contributed by atoms with E-state index in [9.17, 15) is 24.3 Å². The lowest BCUT2D eigenvalue weighted by atomic mass is 9.94. The first-order chi connectivity index (χ1) is 22.9. The van der Waals surface area contributed by atoms with Crippen LogP contribution in [0.3, 0.4) is 0 Å². The number of rotatable bonds is 13. The molecule has 0 saturated heterocycles. The lowest BCUT2D eigenvalue weighted by Gasteiger charge is -2.16. The summed E-state index contributed by atoms with van der Waals surface area (Å²) < 4.78 is 16.5. The van der Waals surface area contributed by atoms with Gasteiger partial charge in [0.2, 0.25) is 0 Å². The number of carbonyl (C=O) groups excluding carboxylic acids is 4. The summed E-state index contributed by atoms with van der Waals surface area (Å²) in [7, 11) is 0. The third kappa shape index (κ3) is 7.60. The molecular formula is C39H36O8. The van der Waals surface area contributed by atoms with Gasteiger partial charge < -0.3 is 19.3 Å². The minimum Gasteiger partial charge on any atom is -0.507 e. The molecule has 2 aliphatic rings. The molecule has 2 bridgehead atoms. The molecule has 1 saturated carbocycles. The van der Waals surface area contributed by atoms with Gasteiger partial charge in [-0.05, 0) is 108 Å². The van der Waals surface area contributed by atoms with Crippen LogP contribution in [-0.4, -0.2) is 42.5 Å². The van der Waals surface area contributed by atoms with Gasteiger partial charge in [-0.3, -0.25) is 9.59 Å². The van der Waals surface area contributed by atoms with Crippen molar-refractivity contribution < 1.29 is 38.5 Å².